The highest BCUT2D eigenvalue weighted by Gasteiger charge is 2.10. The van der Waals surface area contributed by atoms with Crippen molar-refractivity contribution in [3.63, 3.8) is 0 Å². The third kappa shape index (κ3) is 3.15. The van der Waals surface area contributed by atoms with Crippen LogP contribution in [0.4, 0.5) is 5.82 Å². The van der Waals surface area contributed by atoms with Crippen LogP contribution in [0.3, 0.4) is 0 Å². The van der Waals surface area contributed by atoms with Gasteiger partial charge < -0.3 is 15.1 Å². The molecule has 1 aromatic carbocycles. The molecule has 0 saturated heterocycles. The Labute approximate surface area is 117 Å². The predicted octanol–water partition coefficient (Wildman–Crippen LogP) is 1.99. The molecule has 4 nitrogen and oxygen atoms in total. The molecule has 19 heavy (non-hydrogen) atoms. The number of benzene rings is 1. The molecule has 102 valence electrons. The Morgan fingerprint density at radius 3 is 2.47 bits per heavy atom. The van der Waals surface area contributed by atoms with Crippen LogP contribution >= 0.6 is 11.6 Å². The second-order valence-electron chi connectivity index (χ2n) is 4.39. The van der Waals surface area contributed by atoms with Gasteiger partial charge in [0, 0.05) is 23.5 Å². The molecule has 2 aromatic rings. The van der Waals surface area contributed by atoms with Crippen molar-refractivity contribution in [1.82, 2.24) is 4.98 Å². The molecule has 0 radical (unpaired) electrons. The Bertz CT molecular complexity index is 569. The van der Waals surface area contributed by atoms with Crippen molar-refractivity contribution >= 4 is 28.3 Å². The van der Waals surface area contributed by atoms with E-state index in [0.29, 0.717) is 18.1 Å². The van der Waals surface area contributed by atoms with Crippen LogP contribution in [-0.4, -0.2) is 41.5 Å². The number of halogens is 1. The fourth-order valence-electron chi connectivity index (χ4n) is 2.10. The second-order valence-corrected chi connectivity index (χ2v) is 4.83. The highest BCUT2D eigenvalue weighted by molar-refractivity contribution is 6.31. The summed E-state index contributed by atoms with van der Waals surface area (Å²) in [5.74, 6) is 0.746. The zero-order valence-electron chi connectivity index (χ0n) is 10.8. The molecule has 1 aromatic heterocycles. The van der Waals surface area contributed by atoms with Crippen LogP contribution in [-0.2, 0) is 0 Å². The zero-order valence-corrected chi connectivity index (χ0v) is 11.6. The van der Waals surface area contributed by atoms with Crippen molar-refractivity contribution in [3.05, 3.63) is 34.9 Å². The van der Waals surface area contributed by atoms with Gasteiger partial charge in [-0.1, -0.05) is 17.7 Å². The summed E-state index contributed by atoms with van der Waals surface area (Å²) in [6.07, 6.45) is 0. The molecule has 0 aliphatic rings. The van der Waals surface area contributed by atoms with Gasteiger partial charge in [-0.3, -0.25) is 0 Å². The van der Waals surface area contributed by atoms with E-state index in [1.807, 2.05) is 36.1 Å². The molecule has 0 spiro atoms. The number of aromatic nitrogens is 1. The molecule has 0 atom stereocenters. The molecule has 0 amide bonds. The molecule has 0 saturated carbocycles. The number of aryl methyl sites for hydroxylation is 1. The third-order valence-electron chi connectivity index (χ3n) is 3.03. The van der Waals surface area contributed by atoms with E-state index >= 15 is 0 Å². The van der Waals surface area contributed by atoms with Gasteiger partial charge in [-0.05, 0) is 30.7 Å². The lowest BCUT2D eigenvalue weighted by Gasteiger charge is -2.22. The summed E-state index contributed by atoms with van der Waals surface area (Å²) in [6.45, 7) is 2.94. The van der Waals surface area contributed by atoms with Gasteiger partial charge in [-0.15, -0.1) is 0 Å². The number of fused-ring (bicyclic) bond motifs is 1. The van der Waals surface area contributed by atoms with E-state index in [4.69, 9.17) is 21.8 Å². The highest BCUT2D eigenvalue weighted by atomic mass is 35.5. The van der Waals surface area contributed by atoms with Gasteiger partial charge in [0.15, 0.2) is 0 Å². The molecular formula is C14H17ClN2O2. The lowest BCUT2D eigenvalue weighted by Crippen LogP contribution is -2.30. The van der Waals surface area contributed by atoms with Gasteiger partial charge in [-0.2, -0.15) is 0 Å². The Balaban J connectivity index is 2.48. The Hall–Kier alpha value is -1.36. The van der Waals surface area contributed by atoms with E-state index in [1.54, 1.807) is 0 Å². The summed E-state index contributed by atoms with van der Waals surface area (Å²) < 4.78 is 0. The molecule has 0 unspecified atom stereocenters. The lowest BCUT2D eigenvalue weighted by molar-refractivity contribution is 0.280. The summed E-state index contributed by atoms with van der Waals surface area (Å²) in [4.78, 5) is 6.41. The number of hydrogen-bond acceptors (Lipinski definition) is 4. The number of hydrogen-bond donors (Lipinski definition) is 2. The maximum absolute atomic E-state index is 9.08. The van der Waals surface area contributed by atoms with Crippen LogP contribution in [0.15, 0.2) is 24.3 Å². The van der Waals surface area contributed by atoms with Crippen LogP contribution in [0.25, 0.3) is 10.9 Å². The number of aliphatic hydroxyl groups is 2. The van der Waals surface area contributed by atoms with Crippen molar-refractivity contribution in [3.8, 4) is 0 Å². The Morgan fingerprint density at radius 2 is 1.84 bits per heavy atom. The van der Waals surface area contributed by atoms with Gasteiger partial charge in [0.1, 0.15) is 5.82 Å². The maximum Gasteiger partial charge on any atom is 0.129 e. The molecule has 0 fully saturated rings. The second kappa shape index (κ2) is 6.19. The summed E-state index contributed by atoms with van der Waals surface area (Å²) in [6, 6.07) is 7.58. The van der Waals surface area contributed by atoms with Crippen LogP contribution in [0.1, 0.15) is 5.56 Å². The van der Waals surface area contributed by atoms with E-state index in [0.717, 1.165) is 22.3 Å². The van der Waals surface area contributed by atoms with Gasteiger partial charge in [0.05, 0.1) is 18.7 Å². The predicted molar refractivity (Wildman–Crippen MR) is 77.9 cm³/mol. The van der Waals surface area contributed by atoms with Crippen molar-refractivity contribution in [2.24, 2.45) is 0 Å². The van der Waals surface area contributed by atoms with Gasteiger partial charge in [0.2, 0.25) is 0 Å². The zero-order chi connectivity index (χ0) is 13.8. The molecule has 0 bridgehead atoms. The monoisotopic (exact) mass is 280 g/mol. The molecule has 0 aliphatic carbocycles. The topological polar surface area (TPSA) is 56.6 Å². The minimum Gasteiger partial charge on any atom is -0.395 e. The van der Waals surface area contributed by atoms with Crippen molar-refractivity contribution in [1.29, 1.82) is 0 Å². The van der Waals surface area contributed by atoms with Crippen molar-refractivity contribution in [2.75, 3.05) is 31.2 Å². The first kappa shape index (κ1) is 14.1. The van der Waals surface area contributed by atoms with Gasteiger partial charge in [0.25, 0.3) is 0 Å². The Morgan fingerprint density at radius 1 is 1.16 bits per heavy atom. The molecule has 1 heterocycles. The summed E-state index contributed by atoms with van der Waals surface area (Å²) in [7, 11) is 0. The van der Waals surface area contributed by atoms with E-state index < -0.39 is 0 Å². The van der Waals surface area contributed by atoms with E-state index in [9.17, 15) is 0 Å². The van der Waals surface area contributed by atoms with E-state index in [1.165, 1.54) is 0 Å². The SMILES string of the molecule is Cc1cc(N(CCO)CCO)nc2cc(Cl)ccc12. The minimum atomic E-state index is 0.0221. The van der Waals surface area contributed by atoms with Crippen LogP contribution in [0, 0.1) is 6.92 Å². The van der Waals surface area contributed by atoms with Gasteiger partial charge >= 0.3 is 0 Å². The average molecular weight is 281 g/mol. The first-order valence-corrected chi connectivity index (χ1v) is 6.57. The normalized spacial score (nSPS) is 10.9. The average Bonchev–Trinajstić information content (AvgIpc) is 2.37. The smallest absolute Gasteiger partial charge is 0.129 e. The maximum atomic E-state index is 9.08. The third-order valence-corrected chi connectivity index (χ3v) is 3.26. The van der Waals surface area contributed by atoms with Crippen molar-refractivity contribution in [2.45, 2.75) is 6.92 Å². The van der Waals surface area contributed by atoms with Crippen LogP contribution in [0.5, 0.6) is 0 Å². The molecule has 2 rings (SSSR count). The molecule has 0 aliphatic heterocycles. The minimum absolute atomic E-state index is 0.0221. The largest absolute Gasteiger partial charge is 0.395 e. The standard InChI is InChI=1S/C14H17ClN2O2/c1-10-8-14(17(4-6-18)5-7-19)16-13-9-11(15)2-3-12(10)13/h2-3,8-9,18-19H,4-7H2,1H3. The van der Waals surface area contributed by atoms with Crippen molar-refractivity contribution < 1.29 is 10.2 Å². The fraction of sp³-hybridized carbons (Fsp3) is 0.357. The number of pyridine rings is 1. The van der Waals surface area contributed by atoms with Crippen LogP contribution in [0.2, 0.25) is 5.02 Å². The molecule has 5 heteroatoms. The van der Waals surface area contributed by atoms with Gasteiger partial charge in [-0.25, -0.2) is 4.98 Å². The summed E-state index contributed by atoms with van der Waals surface area (Å²) in [5.41, 5.74) is 1.92. The molecular weight excluding hydrogens is 264 g/mol. The summed E-state index contributed by atoms with van der Waals surface area (Å²) in [5, 5.41) is 19.9. The fourth-order valence-corrected chi connectivity index (χ4v) is 2.27. The quantitative estimate of drug-likeness (QED) is 0.879. The number of nitrogens with zero attached hydrogens (tertiary/aromatic N) is 2. The lowest BCUT2D eigenvalue weighted by atomic mass is 10.1. The first-order valence-electron chi connectivity index (χ1n) is 6.19. The van der Waals surface area contributed by atoms with E-state index in [2.05, 4.69) is 4.98 Å². The molecule has 2 N–H and O–H groups in total. The Kier molecular flexibility index (Phi) is 4.58. The number of aliphatic hydroxyl groups excluding tert-OH is 2. The highest BCUT2D eigenvalue weighted by Crippen LogP contribution is 2.24. The van der Waals surface area contributed by atoms with E-state index in [-0.39, 0.29) is 13.2 Å². The number of rotatable bonds is 5. The first-order chi connectivity index (χ1) is 9.15. The van der Waals surface area contributed by atoms with Crippen LogP contribution < -0.4 is 4.90 Å². The summed E-state index contributed by atoms with van der Waals surface area (Å²) >= 11 is 5.99. The number of anilines is 1.